The molecule has 1 saturated heterocycles. The minimum absolute atomic E-state index is 0.143. The Labute approximate surface area is 157 Å². The fraction of sp³-hybridized carbons (Fsp3) is 0.706. The largest absolute Gasteiger partial charge is 0.391 e. The van der Waals surface area contributed by atoms with Gasteiger partial charge in [0.15, 0.2) is 0 Å². The van der Waals surface area contributed by atoms with Crippen LogP contribution in [0.15, 0.2) is 0 Å². The van der Waals surface area contributed by atoms with E-state index in [0.29, 0.717) is 25.5 Å². The van der Waals surface area contributed by atoms with E-state index < -0.39 is 11.8 Å². The van der Waals surface area contributed by atoms with E-state index in [2.05, 4.69) is 10.4 Å². The van der Waals surface area contributed by atoms with E-state index in [0.717, 1.165) is 35.9 Å². The van der Waals surface area contributed by atoms with Gasteiger partial charge in [-0.1, -0.05) is 0 Å². The second-order valence-corrected chi connectivity index (χ2v) is 8.80. The Morgan fingerprint density at radius 1 is 1.27 bits per heavy atom. The summed E-state index contributed by atoms with van der Waals surface area (Å²) in [6, 6.07) is 0. The van der Waals surface area contributed by atoms with Gasteiger partial charge in [-0.15, -0.1) is 0 Å². The summed E-state index contributed by atoms with van der Waals surface area (Å²) in [5, 5.41) is 16.5. The molecule has 0 radical (unpaired) electrons. The number of anilines is 1. The average Bonchev–Trinajstić information content (AvgIpc) is 3.17. The Kier molecular flexibility index (Phi) is 5.59. The fourth-order valence-electron chi connectivity index (χ4n) is 3.37. The Morgan fingerprint density at radius 3 is 2.58 bits per heavy atom. The lowest BCUT2D eigenvalue weighted by atomic mass is 10.1. The van der Waals surface area contributed by atoms with Gasteiger partial charge in [0, 0.05) is 17.1 Å². The summed E-state index contributed by atoms with van der Waals surface area (Å²) in [5.41, 5.74) is 1.75. The lowest BCUT2D eigenvalue weighted by molar-refractivity contribution is -0.904. The van der Waals surface area contributed by atoms with Crippen LogP contribution in [0.4, 0.5) is 5.82 Å². The number of aliphatic hydroxyl groups excluding tert-OH is 1. The van der Waals surface area contributed by atoms with Gasteiger partial charge in [0.05, 0.1) is 44.0 Å². The minimum atomic E-state index is -0.597. The summed E-state index contributed by atoms with van der Waals surface area (Å²) < 4.78 is 1.83. The van der Waals surface area contributed by atoms with Crippen LogP contribution in [-0.4, -0.2) is 70.9 Å². The molecule has 9 heteroatoms. The first-order chi connectivity index (χ1) is 12.3. The average molecular weight is 383 g/mol. The molecule has 0 aliphatic carbocycles. The van der Waals surface area contributed by atoms with Crippen LogP contribution in [0.1, 0.15) is 32.0 Å². The molecule has 0 unspecified atom stereocenters. The van der Waals surface area contributed by atoms with E-state index in [-0.39, 0.29) is 12.1 Å². The second-order valence-electron chi connectivity index (χ2n) is 7.82. The Balaban J connectivity index is 1.70. The molecule has 2 amide bonds. The molecule has 2 aliphatic heterocycles. The van der Waals surface area contributed by atoms with Crippen LogP contribution in [0.5, 0.6) is 0 Å². The molecule has 1 aromatic rings. The van der Waals surface area contributed by atoms with Gasteiger partial charge in [0.1, 0.15) is 12.4 Å². The van der Waals surface area contributed by atoms with E-state index in [4.69, 9.17) is 5.11 Å². The molecule has 0 atom stereocenters. The van der Waals surface area contributed by atoms with Crippen molar-refractivity contribution in [3.8, 4) is 0 Å². The quantitative estimate of drug-likeness (QED) is 0.586. The first-order valence-corrected chi connectivity index (χ1v) is 10.2. The van der Waals surface area contributed by atoms with Crippen molar-refractivity contribution in [2.45, 2.75) is 37.8 Å². The zero-order valence-electron chi connectivity index (χ0n) is 15.7. The molecular formula is C17H28N5O3S+. The fourth-order valence-corrected chi connectivity index (χ4v) is 4.40. The van der Waals surface area contributed by atoms with Gasteiger partial charge >= 0.3 is 11.8 Å². The van der Waals surface area contributed by atoms with E-state index in [9.17, 15) is 9.59 Å². The third-order valence-electron chi connectivity index (χ3n) is 4.84. The zero-order chi connectivity index (χ0) is 18.9. The molecule has 26 heavy (non-hydrogen) atoms. The van der Waals surface area contributed by atoms with E-state index >= 15 is 0 Å². The third-order valence-corrected chi connectivity index (χ3v) is 5.81. The maximum absolute atomic E-state index is 12.6. The number of quaternary nitrogens is 1. The molecule has 0 bridgehead atoms. The number of rotatable bonds is 3. The van der Waals surface area contributed by atoms with Crippen molar-refractivity contribution < 1.29 is 19.6 Å². The van der Waals surface area contributed by atoms with Gasteiger partial charge in [-0.05, 0) is 20.8 Å². The number of hydrogen-bond acceptors (Lipinski definition) is 5. The number of hydrogen-bond donors (Lipinski definition) is 3. The maximum Gasteiger partial charge on any atom is 0.315 e. The van der Waals surface area contributed by atoms with Crippen molar-refractivity contribution in [3.63, 3.8) is 0 Å². The lowest BCUT2D eigenvalue weighted by Crippen LogP contribution is -3.15. The van der Waals surface area contributed by atoms with Crippen molar-refractivity contribution in [1.29, 1.82) is 0 Å². The molecule has 2 aliphatic rings. The summed E-state index contributed by atoms with van der Waals surface area (Å²) in [6.45, 7) is 9.50. The number of carbonyl (C=O) groups is 2. The molecule has 3 rings (SSSR count). The first kappa shape index (κ1) is 19.2. The van der Waals surface area contributed by atoms with Gasteiger partial charge in [0.25, 0.3) is 0 Å². The zero-order valence-corrected chi connectivity index (χ0v) is 16.5. The smallest absolute Gasteiger partial charge is 0.315 e. The molecule has 144 valence electrons. The van der Waals surface area contributed by atoms with Crippen LogP contribution >= 0.6 is 11.8 Å². The highest BCUT2D eigenvalue weighted by molar-refractivity contribution is 7.98. The highest BCUT2D eigenvalue weighted by atomic mass is 32.2. The van der Waals surface area contributed by atoms with Gasteiger partial charge in [-0.2, -0.15) is 16.9 Å². The van der Waals surface area contributed by atoms with E-state index in [1.807, 2.05) is 25.5 Å². The summed E-state index contributed by atoms with van der Waals surface area (Å²) in [4.78, 5) is 28.0. The number of nitrogens with zero attached hydrogens (tertiary/aromatic N) is 3. The number of piperazine rings is 1. The number of aliphatic hydroxyl groups is 1. The Bertz CT molecular complexity index is 689. The van der Waals surface area contributed by atoms with Crippen molar-refractivity contribution in [2.24, 2.45) is 0 Å². The van der Waals surface area contributed by atoms with Crippen molar-refractivity contribution >= 4 is 29.4 Å². The number of amides is 2. The SMILES string of the molecule is CC(C)(C)n1nc2c(c1NC(=O)C(=O)N1CC[NH+](CCO)CC1)CSC2. The molecular weight excluding hydrogens is 354 g/mol. The molecule has 3 heterocycles. The maximum atomic E-state index is 12.6. The van der Waals surface area contributed by atoms with Crippen LogP contribution in [0, 0.1) is 0 Å². The van der Waals surface area contributed by atoms with Crippen molar-refractivity contribution in [2.75, 3.05) is 44.6 Å². The van der Waals surface area contributed by atoms with Crippen LogP contribution in [0.25, 0.3) is 0 Å². The van der Waals surface area contributed by atoms with Crippen molar-refractivity contribution in [3.05, 3.63) is 11.3 Å². The minimum Gasteiger partial charge on any atom is -0.391 e. The summed E-state index contributed by atoms with van der Waals surface area (Å²) >= 11 is 1.77. The van der Waals surface area contributed by atoms with E-state index in [1.165, 1.54) is 4.90 Å². The molecule has 8 nitrogen and oxygen atoms in total. The standard InChI is InChI=1S/C17H27N5O3S/c1-17(2,3)22-14(12-10-26-11-13(12)19-22)18-15(24)16(25)21-6-4-20(5-7-21)8-9-23/h23H,4-11H2,1-3H3,(H,18,24)/p+1. The number of fused-ring (bicyclic) bond motifs is 1. The first-order valence-electron chi connectivity index (χ1n) is 9.05. The van der Waals surface area contributed by atoms with Crippen LogP contribution in [-0.2, 0) is 26.6 Å². The number of aromatic nitrogens is 2. The van der Waals surface area contributed by atoms with Crippen LogP contribution in [0.2, 0.25) is 0 Å². The summed E-state index contributed by atoms with van der Waals surface area (Å²) in [6.07, 6.45) is 0. The highest BCUT2D eigenvalue weighted by Gasteiger charge is 2.32. The van der Waals surface area contributed by atoms with Gasteiger partial charge in [0.2, 0.25) is 0 Å². The van der Waals surface area contributed by atoms with Gasteiger partial charge < -0.3 is 20.2 Å². The summed E-state index contributed by atoms with van der Waals surface area (Å²) in [5.74, 6) is 1.21. The molecule has 1 fully saturated rings. The lowest BCUT2D eigenvalue weighted by Gasteiger charge is -2.31. The van der Waals surface area contributed by atoms with Crippen molar-refractivity contribution in [1.82, 2.24) is 14.7 Å². The predicted octanol–water partition coefficient (Wildman–Crippen LogP) is -0.957. The Morgan fingerprint density at radius 2 is 1.96 bits per heavy atom. The van der Waals surface area contributed by atoms with Crippen LogP contribution in [0.3, 0.4) is 0 Å². The molecule has 0 spiro atoms. The van der Waals surface area contributed by atoms with Crippen LogP contribution < -0.4 is 10.2 Å². The molecule has 0 saturated carbocycles. The topological polar surface area (TPSA) is 91.9 Å². The predicted molar refractivity (Wildman–Crippen MR) is 100 cm³/mol. The summed E-state index contributed by atoms with van der Waals surface area (Å²) in [7, 11) is 0. The monoisotopic (exact) mass is 382 g/mol. The third kappa shape index (κ3) is 3.89. The number of thioether (sulfide) groups is 1. The van der Waals surface area contributed by atoms with E-state index in [1.54, 1.807) is 16.7 Å². The number of carbonyl (C=O) groups excluding carboxylic acids is 2. The normalized spacial score (nSPS) is 18.1. The highest BCUT2D eigenvalue weighted by Crippen LogP contribution is 2.37. The molecule has 1 aromatic heterocycles. The Hall–Kier alpha value is -1.58. The number of nitrogens with one attached hydrogen (secondary N) is 2. The van der Waals surface area contributed by atoms with Gasteiger partial charge in [-0.3, -0.25) is 9.59 Å². The molecule has 0 aromatic carbocycles. The second kappa shape index (κ2) is 7.58. The molecule has 3 N–H and O–H groups in total. The van der Waals surface area contributed by atoms with Gasteiger partial charge in [-0.25, -0.2) is 4.68 Å².